The van der Waals surface area contributed by atoms with Gasteiger partial charge in [0.15, 0.2) is 0 Å². The molecule has 106 valence electrons. The molecule has 1 aliphatic rings. The van der Waals surface area contributed by atoms with E-state index < -0.39 is 0 Å². The lowest BCUT2D eigenvalue weighted by Gasteiger charge is -2.33. The second-order valence-corrected chi connectivity index (χ2v) is 5.71. The van der Waals surface area contributed by atoms with Gasteiger partial charge >= 0.3 is 0 Å². The first-order valence-electron chi connectivity index (χ1n) is 7.39. The van der Waals surface area contributed by atoms with Crippen LogP contribution in [0.5, 0.6) is 5.75 Å². The topological polar surface area (TPSA) is 35.5 Å². The van der Waals surface area contributed by atoms with Crippen LogP contribution in [0, 0.1) is 13.8 Å². The van der Waals surface area contributed by atoms with Gasteiger partial charge in [0, 0.05) is 24.8 Å². The number of phenolic OH excluding ortho intramolecular Hbond substituents is 1. The zero-order valence-electron chi connectivity index (χ0n) is 12.4. The molecular formula is C16H26N2O. The van der Waals surface area contributed by atoms with E-state index in [-0.39, 0.29) is 0 Å². The molecule has 19 heavy (non-hydrogen) atoms. The van der Waals surface area contributed by atoms with E-state index in [1.165, 1.54) is 44.6 Å². The summed E-state index contributed by atoms with van der Waals surface area (Å²) in [6.07, 6.45) is 3.66. The molecule has 3 heteroatoms. The molecule has 0 bridgehead atoms. The van der Waals surface area contributed by atoms with Crippen LogP contribution in [-0.2, 0) is 0 Å². The van der Waals surface area contributed by atoms with Crippen molar-refractivity contribution in [2.24, 2.45) is 0 Å². The number of rotatable bonds is 4. The highest BCUT2D eigenvalue weighted by molar-refractivity contribution is 5.57. The molecule has 1 aromatic carbocycles. The maximum atomic E-state index is 9.69. The second kappa shape index (κ2) is 6.29. The summed E-state index contributed by atoms with van der Waals surface area (Å²) in [4.78, 5) is 2.55. The lowest BCUT2D eigenvalue weighted by atomic mass is 10.0. The first-order chi connectivity index (χ1) is 9.10. The van der Waals surface area contributed by atoms with Crippen molar-refractivity contribution in [2.45, 2.75) is 46.1 Å². The Labute approximate surface area is 116 Å². The zero-order valence-corrected chi connectivity index (χ0v) is 12.4. The molecule has 1 aliphatic heterocycles. The quantitative estimate of drug-likeness (QED) is 0.817. The summed E-state index contributed by atoms with van der Waals surface area (Å²) in [5.74, 6) is 0.390. The summed E-state index contributed by atoms with van der Waals surface area (Å²) in [5.41, 5.74) is 3.24. The van der Waals surface area contributed by atoms with Crippen molar-refractivity contribution in [3.8, 4) is 5.75 Å². The average Bonchev–Trinajstić information content (AvgIpc) is 2.38. The second-order valence-electron chi connectivity index (χ2n) is 5.71. The van der Waals surface area contributed by atoms with Gasteiger partial charge < -0.3 is 15.3 Å². The van der Waals surface area contributed by atoms with Crippen LogP contribution in [0.4, 0.5) is 5.69 Å². The van der Waals surface area contributed by atoms with Crippen LogP contribution in [0.1, 0.15) is 37.3 Å². The number of piperidine rings is 1. The van der Waals surface area contributed by atoms with Crippen molar-refractivity contribution in [3.63, 3.8) is 0 Å². The van der Waals surface area contributed by atoms with E-state index in [9.17, 15) is 5.11 Å². The van der Waals surface area contributed by atoms with Gasteiger partial charge in [-0.1, -0.05) is 6.92 Å². The summed E-state index contributed by atoms with van der Waals surface area (Å²) >= 11 is 0. The highest BCUT2D eigenvalue weighted by atomic mass is 16.3. The third-order valence-electron chi connectivity index (χ3n) is 4.03. The Kier molecular flexibility index (Phi) is 4.70. The fraction of sp³-hybridized carbons (Fsp3) is 0.625. The van der Waals surface area contributed by atoms with Gasteiger partial charge in [-0.2, -0.15) is 0 Å². The van der Waals surface area contributed by atoms with Crippen LogP contribution in [0.15, 0.2) is 12.1 Å². The molecule has 1 heterocycles. The highest BCUT2D eigenvalue weighted by Crippen LogP contribution is 2.26. The molecule has 1 saturated heterocycles. The van der Waals surface area contributed by atoms with Gasteiger partial charge in [-0.15, -0.1) is 0 Å². The van der Waals surface area contributed by atoms with Crippen LogP contribution in [0.3, 0.4) is 0 Å². The van der Waals surface area contributed by atoms with Crippen LogP contribution in [-0.4, -0.2) is 35.7 Å². The Morgan fingerprint density at radius 1 is 1.21 bits per heavy atom. The van der Waals surface area contributed by atoms with E-state index in [0.29, 0.717) is 11.8 Å². The minimum atomic E-state index is 0.390. The van der Waals surface area contributed by atoms with Gasteiger partial charge in [0.05, 0.1) is 0 Å². The van der Waals surface area contributed by atoms with Crippen molar-refractivity contribution in [2.75, 3.05) is 25.0 Å². The smallest absolute Gasteiger partial charge is 0.118 e. The van der Waals surface area contributed by atoms with Crippen molar-refractivity contribution in [1.82, 2.24) is 4.90 Å². The summed E-state index contributed by atoms with van der Waals surface area (Å²) in [6.45, 7) is 9.86. The number of nitrogens with one attached hydrogen (secondary N) is 1. The van der Waals surface area contributed by atoms with Crippen molar-refractivity contribution >= 4 is 5.69 Å². The molecule has 0 aliphatic carbocycles. The Morgan fingerprint density at radius 3 is 2.53 bits per heavy atom. The number of benzene rings is 1. The average molecular weight is 262 g/mol. The molecule has 0 amide bonds. The lowest BCUT2D eigenvalue weighted by molar-refractivity contribution is 0.219. The summed E-state index contributed by atoms with van der Waals surface area (Å²) in [7, 11) is 0. The number of hydrogen-bond acceptors (Lipinski definition) is 3. The maximum absolute atomic E-state index is 9.69. The number of likely N-dealkylation sites (tertiary alicyclic amines) is 1. The van der Waals surface area contributed by atoms with Gasteiger partial charge in [-0.3, -0.25) is 0 Å². The normalized spacial score (nSPS) is 17.6. The zero-order chi connectivity index (χ0) is 13.8. The largest absolute Gasteiger partial charge is 0.508 e. The number of anilines is 1. The van der Waals surface area contributed by atoms with E-state index in [1.54, 1.807) is 0 Å². The molecular weight excluding hydrogens is 236 g/mol. The molecule has 0 atom stereocenters. The molecule has 0 spiro atoms. The van der Waals surface area contributed by atoms with Crippen molar-refractivity contribution in [1.29, 1.82) is 0 Å². The molecule has 0 radical (unpaired) electrons. The van der Waals surface area contributed by atoms with Crippen LogP contribution in [0.2, 0.25) is 0 Å². The molecule has 0 aromatic heterocycles. The third-order valence-corrected chi connectivity index (χ3v) is 4.03. The number of aromatic hydroxyl groups is 1. The van der Waals surface area contributed by atoms with Gasteiger partial charge in [0.1, 0.15) is 5.75 Å². The third kappa shape index (κ3) is 3.63. The first kappa shape index (κ1) is 14.2. The Balaban J connectivity index is 1.94. The summed E-state index contributed by atoms with van der Waals surface area (Å²) in [5, 5.41) is 13.3. The standard InChI is InChI=1S/C16H26N2O/c1-4-7-18-8-5-14(6-9-18)17-15-10-13(3)16(19)11-12(15)2/h10-11,14,17,19H,4-9H2,1-3H3. The lowest BCUT2D eigenvalue weighted by Crippen LogP contribution is -2.39. The number of aryl methyl sites for hydroxylation is 2. The van der Waals surface area contributed by atoms with E-state index in [4.69, 9.17) is 0 Å². The molecule has 2 N–H and O–H groups in total. The predicted octanol–water partition coefficient (Wildman–Crippen LogP) is 3.30. The fourth-order valence-electron chi connectivity index (χ4n) is 2.79. The number of hydrogen-bond donors (Lipinski definition) is 2. The number of nitrogens with zero attached hydrogens (tertiary/aromatic N) is 1. The van der Waals surface area contributed by atoms with E-state index in [1.807, 2.05) is 19.9 Å². The first-order valence-corrected chi connectivity index (χ1v) is 7.39. The van der Waals surface area contributed by atoms with Gasteiger partial charge in [-0.05, 0) is 62.9 Å². The molecule has 0 unspecified atom stereocenters. The maximum Gasteiger partial charge on any atom is 0.118 e. The highest BCUT2D eigenvalue weighted by Gasteiger charge is 2.18. The minimum Gasteiger partial charge on any atom is -0.508 e. The Morgan fingerprint density at radius 2 is 1.89 bits per heavy atom. The van der Waals surface area contributed by atoms with Crippen LogP contribution < -0.4 is 5.32 Å². The Hall–Kier alpha value is -1.22. The monoisotopic (exact) mass is 262 g/mol. The van der Waals surface area contributed by atoms with E-state index in [2.05, 4.69) is 23.2 Å². The van der Waals surface area contributed by atoms with Crippen molar-refractivity contribution in [3.05, 3.63) is 23.3 Å². The van der Waals surface area contributed by atoms with Gasteiger partial charge in [0.25, 0.3) is 0 Å². The van der Waals surface area contributed by atoms with E-state index in [0.717, 1.165) is 11.1 Å². The number of phenols is 1. The molecule has 2 rings (SSSR count). The predicted molar refractivity (Wildman–Crippen MR) is 81.0 cm³/mol. The molecule has 3 nitrogen and oxygen atoms in total. The fourth-order valence-corrected chi connectivity index (χ4v) is 2.79. The molecule has 1 aromatic rings. The van der Waals surface area contributed by atoms with Crippen LogP contribution in [0.25, 0.3) is 0 Å². The molecule has 1 fully saturated rings. The molecule has 0 saturated carbocycles. The van der Waals surface area contributed by atoms with Gasteiger partial charge in [-0.25, -0.2) is 0 Å². The van der Waals surface area contributed by atoms with E-state index >= 15 is 0 Å². The summed E-state index contributed by atoms with van der Waals surface area (Å²) < 4.78 is 0. The van der Waals surface area contributed by atoms with Crippen LogP contribution >= 0.6 is 0 Å². The Bertz CT molecular complexity index is 423. The van der Waals surface area contributed by atoms with Crippen molar-refractivity contribution < 1.29 is 5.11 Å². The minimum absolute atomic E-state index is 0.390. The summed E-state index contributed by atoms with van der Waals surface area (Å²) in [6, 6.07) is 4.48. The SMILES string of the molecule is CCCN1CCC(Nc2cc(C)c(O)cc2C)CC1. The van der Waals surface area contributed by atoms with Gasteiger partial charge in [0.2, 0.25) is 0 Å².